The van der Waals surface area contributed by atoms with Crippen LogP contribution in [0, 0.1) is 6.92 Å². The SMILES string of the molecule is COc1ccccc1NC(=O)c1ccccc1-c1ccc(C)cc1. The maximum Gasteiger partial charge on any atom is 0.256 e. The Balaban J connectivity index is 1.95. The van der Waals surface area contributed by atoms with Crippen LogP contribution in [0.2, 0.25) is 0 Å². The number of aryl methyl sites for hydroxylation is 1. The summed E-state index contributed by atoms with van der Waals surface area (Å²) in [5.41, 5.74) is 4.40. The summed E-state index contributed by atoms with van der Waals surface area (Å²) in [4.78, 5) is 12.8. The number of nitrogens with one attached hydrogen (secondary N) is 1. The van der Waals surface area contributed by atoms with E-state index >= 15 is 0 Å². The van der Waals surface area contributed by atoms with Gasteiger partial charge in [-0.05, 0) is 36.2 Å². The van der Waals surface area contributed by atoms with Crippen LogP contribution in [0.5, 0.6) is 5.75 Å². The molecule has 0 atom stereocenters. The molecule has 1 N–H and O–H groups in total. The first-order chi connectivity index (χ1) is 11.7. The lowest BCUT2D eigenvalue weighted by Crippen LogP contribution is -2.13. The van der Waals surface area contributed by atoms with Crippen molar-refractivity contribution in [1.29, 1.82) is 0 Å². The second-order valence-electron chi connectivity index (χ2n) is 5.57. The average molecular weight is 317 g/mol. The molecule has 0 aromatic heterocycles. The van der Waals surface area contributed by atoms with E-state index in [9.17, 15) is 4.79 Å². The topological polar surface area (TPSA) is 38.3 Å². The van der Waals surface area contributed by atoms with E-state index in [1.165, 1.54) is 5.56 Å². The number of amides is 1. The predicted molar refractivity (Wildman–Crippen MR) is 97.6 cm³/mol. The largest absolute Gasteiger partial charge is 0.495 e. The van der Waals surface area contributed by atoms with Crippen LogP contribution in [0.25, 0.3) is 11.1 Å². The van der Waals surface area contributed by atoms with Crippen LogP contribution in [0.1, 0.15) is 15.9 Å². The fourth-order valence-corrected chi connectivity index (χ4v) is 2.60. The number of benzene rings is 3. The number of carbonyl (C=O) groups excluding carboxylic acids is 1. The third-order valence-electron chi connectivity index (χ3n) is 3.89. The van der Waals surface area contributed by atoms with Gasteiger partial charge in [-0.1, -0.05) is 60.2 Å². The first-order valence-electron chi connectivity index (χ1n) is 7.79. The van der Waals surface area contributed by atoms with E-state index in [1.807, 2.05) is 79.7 Å². The normalized spacial score (nSPS) is 10.2. The van der Waals surface area contributed by atoms with Crippen molar-refractivity contribution >= 4 is 11.6 Å². The van der Waals surface area contributed by atoms with E-state index in [2.05, 4.69) is 5.32 Å². The van der Waals surface area contributed by atoms with Crippen molar-refractivity contribution in [2.24, 2.45) is 0 Å². The van der Waals surface area contributed by atoms with E-state index < -0.39 is 0 Å². The van der Waals surface area contributed by atoms with Crippen LogP contribution in [-0.2, 0) is 0 Å². The second kappa shape index (κ2) is 7.01. The zero-order valence-electron chi connectivity index (χ0n) is 13.7. The number of methoxy groups -OCH3 is 1. The third-order valence-corrected chi connectivity index (χ3v) is 3.89. The van der Waals surface area contributed by atoms with Gasteiger partial charge in [0.2, 0.25) is 0 Å². The van der Waals surface area contributed by atoms with Gasteiger partial charge < -0.3 is 10.1 Å². The highest BCUT2D eigenvalue weighted by molar-refractivity contribution is 6.09. The minimum Gasteiger partial charge on any atom is -0.495 e. The standard InChI is InChI=1S/C21H19NO2/c1-15-11-13-16(14-12-15)17-7-3-4-8-18(17)21(23)22-19-9-5-6-10-20(19)24-2/h3-14H,1-2H3,(H,22,23). The molecular weight excluding hydrogens is 298 g/mol. The maximum absolute atomic E-state index is 12.8. The van der Waals surface area contributed by atoms with Crippen LogP contribution in [0.3, 0.4) is 0 Å². The molecule has 24 heavy (non-hydrogen) atoms. The number of hydrogen-bond donors (Lipinski definition) is 1. The Labute approximate surface area is 141 Å². The molecule has 3 nitrogen and oxygen atoms in total. The molecule has 3 heteroatoms. The van der Waals surface area contributed by atoms with E-state index in [0.29, 0.717) is 17.0 Å². The summed E-state index contributed by atoms with van der Waals surface area (Å²) in [6, 6.07) is 23.1. The third kappa shape index (κ3) is 3.30. The van der Waals surface area contributed by atoms with Crippen LogP contribution >= 0.6 is 0 Å². The Morgan fingerprint density at radius 3 is 2.29 bits per heavy atom. The summed E-state index contributed by atoms with van der Waals surface area (Å²) in [5.74, 6) is 0.481. The predicted octanol–water partition coefficient (Wildman–Crippen LogP) is 4.92. The first-order valence-corrected chi connectivity index (χ1v) is 7.79. The van der Waals surface area contributed by atoms with Gasteiger partial charge in [0.25, 0.3) is 5.91 Å². The Bertz CT molecular complexity index is 854. The number of ether oxygens (including phenoxy) is 1. The molecule has 1 amide bonds. The lowest BCUT2D eigenvalue weighted by molar-refractivity contribution is 0.102. The monoisotopic (exact) mass is 317 g/mol. The zero-order chi connectivity index (χ0) is 16.9. The summed E-state index contributed by atoms with van der Waals surface area (Å²) in [6.07, 6.45) is 0. The first kappa shape index (κ1) is 15.8. The van der Waals surface area contributed by atoms with Gasteiger partial charge in [-0.25, -0.2) is 0 Å². The molecule has 120 valence electrons. The van der Waals surface area contributed by atoms with Crippen molar-refractivity contribution in [2.45, 2.75) is 6.92 Å². The molecule has 0 bridgehead atoms. The lowest BCUT2D eigenvalue weighted by atomic mass is 9.98. The highest BCUT2D eigenvalue weighted by atomic mass is 16.5. The van der Waals surface area contributed by atoms with Gasteiger partial charge in [0.1, 0.15) is 5.75 Å². The number of rotatable bonds is 4. The summed E-state index contributed by atoms with van der Waals surface area (Å²) >= 11 is 0. The molecule has 0 saturated carbocycles. The zero-order valence-corrected chi connectivity index (χ0v) is 13.7. The van der Waals surface area contributed by atoms with Gasteiger partial charge in [-0.15, -0.1) is 0 Å². The fraction of sp³-hybridized carbons (Fsp3) is 0.0952. The minimum absolute atomic E-state index is 0.157. The van der Waals surface area contributed by atoms with Gasteiger partial charge in [0.15, 0.2) is 0 Å². The van der Waals surface area contributed by atoms with Gasteiger partial charge in [-0.2, -0.15) is 0 Å². The van der Waals surface area contributed by atoms with Gasteiger partial charge in [-0.3, -0.25) is 4.79 Å². The molecule has 3 rings (SSSR count). The number of carbonyl (C=O) groups is 1. The van der Waals surface area contributed by atoms with Crippen molar-refractivity contribution in [3.63, 3.8) is 0 Å². The van der Waals surface area contributed by atoms with E-state index in [4.69, 9.17) is 4.74 Å². The Kier molecular flexibility index (Phi) is 4.62. The molecule has 0 aliphatic rings. The molecular formula is C21H19NO2. The molecule has 0 unspecified atom stereocenters. The molecule has 0 heterocycles. The van der Waals surface area contributed by atoms with Crippen LogP contribution in [-0.4, -0.2) is 13.0 Å². The Morgan fingerprint density at radius 2 is 1.54 bits per heavy atom. The second-order valence-corrected chi connectivity index (χ2v) is 5.57. The molecule has 0 aliphatic heterocycles. The molecule has 0 aliphatic carbocycles. The summed E-state index contributed by atoms with van der Waals surface area (Å²) in [5, 5.41) is 2.94. The van der Waals surface area contributed by atoms with Crippen molar-refractivity contribution < 1.29 is 9.53 Å². The Hall–Kier alpha value is -3.07. The van der Waals surface area contributed by atoms with Crippen LogP contribution < -0.4 is 10.1 Å². The molecule has 0 saturated heterocycles. The minimum atomic E-state index is -0.157. The van der Waals surface area contributed by atoms with Gasteiger partial charge in [0.05, 0.1) is 12.8 Å². The number of hydrogen-bond acceptors (Lipinski definition) is 2. The van der Waals surface area contributed by atoms with E-state index in [-0.39, 0.29) is 5.91 Å². The lowest BCUT2D eigenvalue weighted by Gasteiger charge is -2.13. The Morgan fingerprint density at radius 1 is 0.875 bits per heavy atom. The van der Waals surface area contributed by atoms with Crippen molar-refractivity contribution in [1.82, 2.24) is 0 Å². The van der Waals surface area contributed by atoms with Crippen LogP contribution in [0.15, 0.2) is 72.8 Å². The maximum atomic E-state index is 12.8. The highest BCUT2D eigenvalue weighted by Crippen LogP contribution is 2.27. The van der Waals surface area contributed by atoms with Gasteiger partial charge in [0, 0.05) is 5.56 Å². The fourth-order valence-electron chi connectivity index (χ4n) is 2.60. The van der Waals surface area contributed by atoms with Crippen molar-refractivity contribution in [2.75, 3.05) is 12.4 Å². The highest BCUT2D eigenvalue weighted by Gasteiger charge is 2.14. The molecule has 3 aromatic carbocycles. The average Bonchev–Trinajstić information content (AvgIpc) is 2.63. The molecule has 0 radical (unpaired) electrons. The van der Waals surface area contributed by atoms with E-state index in [1.54, 1.807) is 7.11 Å². The van der Waals surface area contributed by atoms with Crippen LogP contribution in [0.4, 0.5) is 5.69 Å². The number of para-hydroxylation sites is 2. The molecule has 0 fully saturated rings. The van der Waals surface area contributed by atoms with E-state index in [0.717, 1.165) is 11.1 Å². The van der Waals surface area contributed by atoms with Crippen molar-refractivity contribution in [3.8, 4) is 16.9 Å². The summed E-state index contributed by atoms with van der Waals surface area (Å²) in [6.45, 7) is 2.05. The smallest absolute Gasteiger partial charge is 0.256 e. The summed E-state index contributed by atoms with van der Waals surface area (Å²) < 4.78 is 5.30. The quantitative estimate of drug-likeness (QED) is 0.741. The van der Waals surface area contributed by atoms with Crippen molar-refractivity contribution in [3.05, 3.63) is 83.9 Å². The number of anilines is 1. The van der Waals surface area contributed by atoms with Gasteiger partial charge >= 0.3 is 0 Å². The molecule has 3 aromatic rings. The summed E-state index contributed by atoms with van der Waals surface area (Å²) in [7, 11) is 1.59. The molecule has 0 spiro atoms.